The molecule has 3 rings (SSSR count). The Hall–Kier alpha value is -1.40. The Morgan fingerprint density at radius 2 is 2.35 bits per heavy atom. The minimum absolute atomic E-state index is 0.102. The molecule has 5 nitrogen and oxygen atoms in total. The molecule has 0 fully saturated rings. The van der Waals surface area contributed by atoms with Crippen LogP contribution in [-0.4, -0.2) is 26.4 Å². The molecule has 0 spiro atoms. The summed E-state index contributed by atoms with van der Waals surface area (Å²) in [6, 6.07) is 8.97. The van der Waals surface area contributed by atoms with Crippen LogP contribution in [0.1, 0.15) is 30.4 Å². The molecule has 0 radical (unpaired) electrons. The number of thioether (sulfide) groups is 1. The quantitative estimate of drug-likeness (QED) is 0.864. The van der Waals surface area contributed by atoms with Crippen LogP contribution < -0.4 is 5.32 Å². The highest BCUT2D eigenvalue weighted by Gasteiger charge is 2.25. The van der Waals surface area contributed by atoms with E-state index in [1.807, 2.05) is 11.8 Å². The summed E-state index contributed by atoms with van der Waals surface area (Å²) in [5.74, 6) is 1.76. The second-order valence-corrected chi connectivity index (χ2v) is 5.12. The summed E-state index contributed by atoms with van der Waals surface area (Å²) in [7, 11) is 0. The average Bonchev–Trinajstić information content (AvgIpc) is 2.98. The summed E-state index contributed by atoms with van der Waals surface area (Å²) in [6.45, 7) is 2.05. The van der Waals surface area contributed by atoms with Gasteiger partial charge in [-0.1, -0.05) is 23.4 Å². The third-order valence-corrected chi connectivity index (χ3v) is 4.08. The summed E-state index contributed by atoms with van der Waals surface area (Å²) in [5.41, 5.74) is 1.37. The number of aromatic amines is 1. The van der Waals surface area contributed by atoms with Crippen LogP contribution in [0.4, 0.5) is 0 Å². The molecule has 0 amide bonds. The van der Waals surface area contributed by atoms with Gasteiger partial charge in [-0.3, -0.25) is 5.32 Å². The maximum absolute atomic E-state index is 4.00. The number of tetrazole rings is 1. The lowest BCUT2D eigenvalue weighted by molar-refractivity contribution is 0.482. The zero-order valence-corrected chi connectivity index (χ0v) is 10.2. The van der Waals surface area contributed by atoms with Gasteiger partial charge >= 0.3 is 0 Å². The van der Waals surface area contributed by atoms with E-state index in [4.69, 9.17) is 0 Å². The van der Waals surface area contributed by atoms with E-state index in [1.165, 1.54) is 10.5 Å². The number of nitrogens with zero attached hydrogens (tertiary/aromatic N) is 3. The molecule has 88 valence electrons. The minimum atomic E-state index is 0.102. The SMILES string of the molecule is CC(NC1CSc2ccccc21)c1nn[nH]n1. The minimum Gasteiger partial charge on any atom is -0.300 e. The molecular weight excluding hydrogens is 234 g/mol. The van der Waals surface area contributed by atoms with E-state index in [0.29, 0.717) is 11.9 Å². The smallest absolute Gasteiger partial charge is 0.191 e. The van der Waals surface area contributed by atoms with Gasteiger partial charge in [0.05, 0.1) is 6.04 Å². The Morgan fingerprint density at radius 3 is 3.18 bits per heavy atom. The molecule has 0 aliphatic carbocycles. The summed E-state index contributed by atoms with van der Waals surface area (Å²) in [6.07, 6.45) is 0. The van der Waals surface area contributed by atoms with Gasteiger partial charge in [0.15, 0.2) is 5.82 Å². The van der Waals surface area contributed by atoms with Gasteiger partial charge in [0.2, 0.25) is 0 Å². The van der Waals surface area contributed by atoms with Gasteiger partial charge in [-0.15, -0.1) is 22.0 Å². The van der Waals surface area contributed by atoms with Crippen molar-refractivity contribution in [2.24, 2.45) is 0 Å². The fraction of sp³-hybridized carbons (Fsp3) is 0.364. The number of fused-ring (bicyclic) bond motifs is 1. The van der Waals surface area contributed by atoms with Crippen molar-refractivity contribution in [2.45, 2.75) is 23.9 Å². The second-order valence-electron chi connectivity index (χ2n) is 4.06. The molecular formula is C11H13N5S. The Kier molecular flexibility index (Phi) is 2.82. The number of benzene rings is 1. The summed E-state index contributed by atoms with van der Waals surface area (Å²) >= 11 is 1.89. The van der Waals surface area contributed by atoms with Gasteiger partial charge in [-0.05, 0) is 18.6 Å². The fourth-order valence-electron chi connectivity index (χ4n) is 2.03. The van der Waals surface area contributed by atoms with E-state index in [9.17, 15) is 0 Å². The largest absolute Gasteiger partial charge is 0.300 e. The van der Waals surface area contributed by atoms with Crippen LogP contribution in [0.2, 0.25) is 0 Å². The first-order valence-corrected chi connectivity index (χ1v) is 6.54. The normalized spacial score (nSPS) is 20.2. The first-order valence-electron chi connectivity index (χ1n) is 5.55. The van der Waals surface area contributed by atoms with Crippen molar-refractivity contribution < 1.29 is 0 Å². The zero-order chi connectivity index (χ0) is 11.7. The third kappa shape index (κ3) is 2.05. The highest BCUT2D eigenvalue weighted by molar-refractivity contribution is 7.99. The molecule has 1 aliphatic rings. The Bertz CT molecular complexity index is 498. The van der Waals surface area contributed by atoms with Crippen molar-refractivity contribution in [1.29, 1.82) is 0 Å². The van der Waals surface area contributed by atoms with Crippen LogP contribution in [0.3, 0.4) is 0 Å². The van der Waals surface area contributed by atoms with Crippen molar-refractivity contribution in [1.82, 2.24) is 25.9 Å². The zero-order valence-electron chi connectivity index (χ0n) is 9.42. The van der Waals surface area contributed by atoms with E-state index < -0.39 is 0 Å². The highest BCUT2D eigenvalue weighted by atomic mass is 32.2. The van der Waals surface area contributed by atoms with Crippen LogP contribution in [0.15, 0.2) is 29.2 Å². The first kappa shape index (κ1) is 10.7. The molecule has 2 N–H and O–H groups in total. The van der Waals surface area contributed by atoms with Crippen LogP contribution in [0.25, 0.3) is 0 Å². The number of hydrogen-bond acceptors (Lipinski definition) is 5. The number of nitrogens with one attached hydrogen (secondary N) is 2. The molecule has 0 saturated carbocycles. The molecule has 2 aromatic rings. The second kappa shape index (κ2) is 4.46. The summed E-state index contributed by atoms with van der Waals surface area (Å²) < 4.78 is 0. The lowest BCUT2D eigenvalue weighted by atomic mass is 10.1. The van der Waals surface area contributed by atoms with E-state index >= 15 is 0 Å². The van der Waals surface area contributed by atoms with Gasteiger partial charge in [-0.25, -0.2) is 0 Å². The number of aromatic nitrogens is 4. The van der Waals surface area contributed by atoms with Crippen LogP contribution in [0, 0.1) is 0 Å². The van der Waals surface area contributed by atoms with Gasteiger partial charge in [-0.2, -0.15) is 5.21 Å². The van der Waals surface area contributed by atoms with Crippen molar-refractivity contribution in [3.8, 4) is 0 Å². The molecule has 2 heterocycles. The van der Waals surface area contributed by atoms with E-state index in [1.54, 1.807) is 0 Å². The molecule has 1 aromatic heterocycles. The van der Waals surface area contributed by atoms with Gasteiger partial charge in [0, 0.05) is 16.7 Å². The Morgan fingerprint density at radius 1 is 1.47 bits per heavy atom. The Balaban J connectivity index is 1.75. The summed E-state index contributed by atoms with van der Waals surface area (Å²) in [5, 5.41) is 17.6. The highest BCUT2D eigenvalue weighted by Crippen LogP contribution is 2.38. The van der Waals surface area contributed by atoms with Crippen molar-refractivity contribution in [3.63, 3.8) is 0 Å². The predicted octanol–water partition coefficient (Wildman–Crippen LogP) is 1.70. The maximum atomic E-state index is 4.00. The van der Waals surface area contributed by atoms with Crippen molar-refractivity contribution in [2.75, 3.05) is 5.75 Å². The molecule has 2 atom stereocenters. The van der Waals surface area contributed by atoms with Crippen molar-refractivity contribution in [3.05, 3.63) is 35.7 Å². The molecule has 1 aliphatic heterocycles. The molecule has 0 bridgehead atoms. The monoisotopic (exact) mass is 247 g/mol. The summed E-state index contributed by atoms with van der Waals surface area (Å²) in [4.78, 5) is 1.37. The van der Waals surface area contributed by atoms with Crippen LogP contribution in [-0.2, 0) is 0 Å². The molecule has 1 aromatic carbocycles. The standard InChI is InChI=1S/C11H13N5S/c1-7(11-13-15-16-14-11)12-9-6-17-10-5-3-2-4-8(9)10/h2-5,7,9,12H,6H2,1H3,(H,13,14,15,16). The lowest BCUT2D eigenvalue weighted by Crippen LogP contribution is -2.25. The van der Waals surface area contributed by atoms with Gasteiger partial charge in [0.25, 0.3) is 0 Å². The number of rotatable bonds is 3. The van der Waals surface area contributed by atoms with Gasteiger partial charge in [0.1, 0.15) is 0 Å². The maximum Gasteiger partial charge on any atom is 0.191 e. The lowest BCUT2D eigenvalue weighted by Gasteiger charge is -2.17. The molecule has 17 heavy (non-hydrogen) atoms. The van der Waals surface area contributed by atoms with E-state index in [-0.39, 0.29) is 6.04 Å². The molecule has 2 unspecified atom stereocenters. The molecule has 0 saturated heterocycles. The Labute approximate surface area is 103 Å². The average molecular weight is 247 g/mol. The van der Waals surface area contributed by atoms with Crippen LogP contribution in [0.5, 0.6) is 0 Å². The predicted molar refractivity (Wildman–Crippen MR) is 65.6 cm³/mol. The van der Waals surface area contributed by atoms with E-state index in [0.717, 1.165) is 5.75 Å². The number of H-pyrrole nitrogens is 1. The molecule has 6 heteroatoms. The third-order valence-electron chi connectivity index (χ3n) is 2.90. The topological polar surface area (TPSA) is 66.5 Å². The fourth-order valence-corrected chi connectivity index (χ4v) is 3.20. The van der Waals surface area contributed by atoms with E-state index in [2.05, 4.69) is 57.1 Å². The van der Waals surface area contributed by atoms with Crippen molar-refractivity contribution >= 4 is 11.8 Å². The van der Waals surface area contributed by atoms with Gasteiger partial charge < -0.3 is 0 Å². The van der Waals surface area contributed by atoms with Crippen LogP contribution >= 0.6 is 11.8 Å². The number of hydrogen-bond donors (Lipinski definition) is 2. The first-order chi connectivity index (χ1) is 8.34.